The maximum Gasteiger partial charge on any atom is 0.164 e. The predicted molar refractivity (Wildman–Crippen MR) is 118 cm³/mol. The Morgan fingerprint density at radius 3 is 2.66 bits per heavy atom. The van der Waals surface area contributed by atoms with Gasteiger partial charge in [-0.1, -0.05) is 19.1 Å². The molecule has 0 aliphatic rings. The number of alkyl halides is 1. The van der Waals surface area contributed by atoms with Crippen molar-refractivity contribution in [1.29, 1.82) is 5.26 Å². The van der Waals surface area contributed by atoms with E-state index in [9.17, 15) is 4.39 Å². The third-order valence-corrected chi connectivity index (χ3v) is 4.98. The van der Waals surface area contributed by atoms with Crippen LogP contribution in [0.15, 0.2) is 36.9 Å². The summed E-state index contributed by atoms with van der Waals surface area (Å²) in [5, 5.41) is 25.9. The lowest BCUT2D eigenvalue weighted by Gasteiger charge is -2.15. The number of aromatic nitrogens is 7. The fourth-order valence-corrected chi connectivity index (χ4v) is 3.26. The summed E-state index contributed by atoms with van der Waals surface area (Å²) in [5.41, 5.74) is 3.13. The van der Waals surface area contributed by atoms with Crippen molar-refractivity contribution in [2.45, 2.75) is 46.3 Å². The van der Waals surface area contributed by atoms with Crippen LogP contribution in [0, 0.1) is 17.2 Å². The van der Waals surface area contributed by atoms with Gasteiger partial charge in [0.15, 0.2) is 11.5 Å². The molecule has 1 N–H and O–H groups in total. The Morgan fingerprint density at radius 2 is 1.94 bits per heavy atom. The summed E-state index contributed by atoms with van der Waals surface area (Å²) in [5.74, 6) is 0.481. The van der Waals surface area contributed by atoms with Crippen molar-refractivity contribution in [2.75, 3.05) is 5.32 Å². The van der Waals surface area contributed by atoms with Crippen LogP contribution in [0.3, 0.4) is 0 Å². The molecular weight excluding hydrogens is 409 g/mol. The molecule has 0 saturated heterocycles. The minimum atomic E-state index is -0.976. The topological polar surface area (TPSA) is 110 Å². The molecule has 32 heavy (non-hydrogen) atoms. The number of halogens is 1. The molecule has 0 fully saturated rings. The van der Waals surface area contributed by atoms with E-state index in [0.29, 0.717) is 28.4 Å². The lowest BCUT2D eigenvalue weighted by Crippen LogP contribution is -2.14. The quantitative estimate of drug-likeness (QED) is 0.474. The SMILES string of the molecule is CC(C)Nc1cc(-n2ncc3cc(C#N)cnc32)ncc1-n1cc(CC(F)C(C)C)nn1. The summed E-state index contributed by atoms with van der Waals surface area (Å²) in [6.07, 6.45) is 5.80. The molecule has 0 amide bonds. The summed E-state index contributed by atoms with van der Waals surface area (Å²) in [4.78, 5) is 8.91. The van der Waals surface area contributed by atoms with Crippen molar-refractivity contribution in [3.05, 3.63) is 48.2 Å². The highest BCUT2D eigenvalue weighted by Gasteiger charge is 2.17. The Morgan fingerprint density at radius 1 is 1.12 bits per heavy atom. The number of hydrogen-bond donors (Lipinski definition) is 1. The summed E-state index contributed by atoms with van der Waals surface area (Å²) in [6.45, 7) is 7.75. The largest absolute Gasteiger partial charge is 0.381 e. The van der Waals surface area contributed by atoms with Gasteiger partial charge >= 0.3 is 0 Å². The molecular formula is C22H24FN9. The van der Waals surface area contributed by atoms with Gasteiger partial charge in [-0.05, 0) is 25.8 Å². The van der Waals surface area contributed by atoms with Gasteiger partial charge in [0.2, 0.25) is 0 Å². The van der Waals surface area contributed by atoms with Crippen LogP contribution in [-0.4, -0.2) is 47.0 Å². The van der Waals surface area contributed by atoms with E-state index in [1.165, 1.54) is 6.20 Å². The number of pyridine rings is 2. The highest BCUT2D eigenvalue weighted by molar-refractivity contribution is 5.77. The second kappa shape index (κ2) is 8.70. The van der Waals surface area contributed by atoms with Crippen LogP contribution in [0.4, 0.5) is 10.1 Å². The number of anilines is 1. The third-order valence-electron chi connectivity index (χ3n) is 4.98. The van der Waals surface area contributed by atoms with Gasteiger partial charge < -0.3 is 5.32 Å². The highest BCUT2D eigenvalue weighted by Crippen LogP contribution is 2.25. The molecule has 4 rings (SSSR count). The molecule has 4 heterocycles. The Kier molecular flexibility index (Phi) is 5.81. The lowest BCUT2D eigenvalue weighted by atomic mass is 10.0. The van der Waals surface area contributed by atoms with Crippen LogP contribution in [0.5, 0.6) is 0 Å². The van der Waals surface area contributed by atoms with Gasteiger partial charge in [0.1, 0.15) is 17.9 Å². The standard InChI is InChI=1S/C22H24FN9/c1-13(2)18(23)6-17-12-31(30-29-17)20-11-25-21(7-19(20)28-14(3)4)32-22-16(10-27-32)5-15(8-24)9-26-22/h5,7,9-14,18H,6H2,1-4H3,(H,25,28). The zero-order valence-electron chi connectivity index (χ0n) is 18.4. The number of nitriles is 1. The first-order valence-corrected chi connectivity index (χ1v) is 10.4. The van der Waals surface area contributed by atoms with E-state index in [2.05, 4.69) is 36.8 Å². The maximum atomic E-state index is 14.1. The second-order valence-corrected chi connectivity index (χ2v) is 8.28. The molecule has 10 heteroatoms. The molecule has 4 aromatic heterocycles. The Hall–Kier alpha value is -3.87. The van der Waals surface area contributed by atoms with Crippen LogP contribution in [0.25, 0.3) is 22.5 Å². The van der Waals surface area contributed by atoms with Crippen molar-refractivity contribution in [3.63, 3.8) is 0 Å². The average Bonchev–Trinajstić information content (AvgIpc) is 3.39. The molecule has 1 atom stereocenters. The molecule has 9 nitrogen and oxygen atoms in total. The maximum absolute atomic E-state index is 14.1. The van der Waals surface area contributed by atoms with Gasteiger partial charge in [0.25, 0.3) is 0 Å². The monoisotopic (exact) mass is 433 g/mol. The number of rotatable bonds is 7. The van der Waals surface area contributed by atoms with E-state index in [1.807, 2.05) is 33.8 Å². The van der Waals surface area contributed by atoms with E-state index in [1.54, 1.807) is 34.0 Å². The fourth-order valence-electron chi connectivity index (χ4n) is 3.26. The van der Waals surface area contributed by atoms with E-state index in [-0.39, 0.29) is 18.4 Å². The normalized spacial score (nSPS) is 12.4. The van der Waals surface area contributed by atoms with Crippen molar-refractivity contribution < 1.29 is 4.39 Å². The molecule has 1 unspecified atom stereocenters. The third kappa shape index (κ3) is 4.27. The van der Waals surface area contributed by atoms with E-state index in [4.69, 9.17) is 5.26 Å². The number of fused-ring (bicyclic) bond motifs is 1. The second-order valence-electron chi connectivity index (χ2n) is 8.28. The van der Waals surface area contributed by atoms with Gasteiger partial charge in [-0.15, -0.1) is 5.10 Å². The summed E-state index contributed by atoms with van der Waals surface area (Å²) < 4.78 is 17.3. The molecule has 0 radical (unpaired) electrons. The van der Waals surface area contributed by atoms with Crippen LogP contribution >= 0.6 is 0 Å². The summed E-state index contributed by atoms with van der Waals surface area (Å²) >= 11 is 0. The molecule has 0 saturated carbocycles. The van der Waals surface area contributed by atoms with Crippen molar-refractivity contribution >= 4 is 16.7 Å². The Labute approximate surface area is 184 Å². The molecule has 0 aromatic carbocycles. The highest BCUT2D eigenvalue weighted by atomic mass is 19.1. The predicted octanol–water partition coefficient (Wildman–Crippen LogP) is 3.62. The lowest BCUT2D eigenvalue weighted by molar-refractivity contribution is 0.252. The van der Waals surface area contributed by atoms with Crippen molar-refractivity contribution in [2.24, 2.45) is 5.92 Å². The average molecular weight is 433 g/mol. The van der Waals surface area contributed by atoms with Crippen LogP contribution in [-0.2, 0) is 6.42 Å². The summed E-state index contributed by atoms with van der Waals surface area (Å²) in [6, 6.07) is 5.82. The van der Waals surface area contributed by atoms with E-state index >= 15 is 0 Å². The first-order chi connectivity index (χ1) is 15.4. The number of nitrogens with zero attached hydrogens (tertiary/aromatic N) is 8. The van der Waals surface area contributed by atoms with Gasteiger partial charge in [0.05, 0.1) is 35.5 Å². The molecule has 0 bridgehead atoms. The van der Waals surface area contributed by atoms with Crippen molar-refractivity contribution in [1.82, 2.24) is 34.7 Å². The number of hydrogen-bond acceptors (Lipinski definition) is 7. The van der Waals surface area contributed by atoms with Crippen LogP contribution in [0.1, 0.15) is 39.0 Å². The molecule has 0 aliphatic carbocycles. The minimum Gasteiger partial charge on any atom is -0.381 e. The summed E-state index contributed by atoms with van der Waals surface area (Å²) in [7, 11) is 0. The first-order valence-electron chi connectivity index (χ1n) is 10.4. The molecule has 164 valence electrons. The van der Waals surface area contributed by atoms with E-state index in [0.717, 1.165) is 11.1 Å². The van der Waals surface area contributed by atoms with Gasteiger partial charge in [-0.2, -0.15) is 15.0 Å². The molecule has 0 aliphatic heterocycles. The molecule has 0 spiro atoms. The van der Waals surface area contributed by atoms with Crippen LogP contribution < -0.4 is 5.32 Å². The molecule has 4 aromatic rings. The fraction of sp³-hybridized carbons (Fsp3) is 0.364. The smallest absolute Gasteiger partial charge is 0.164 e. The number of nitrogens with one attached hydrogen (secondary N) is 1. The zero-order valence-corrected chi connectivity index (χ0v) is 18.4. The first kappa shape index (κ1) is 21.4. The van der Waals surface area contributed by atoms with Gasteiger partial charge in [-0.25, -0.2) is 19.0 Å². The van der Waals surface area contributed by atoms with Gasteiger partial charge in [0, 0.05) is 30.1 Å². The van der Waals surface area contributed by atoms with Crippen molar-refractivity contribution in [3.8, 4) is 17.6 Å². The minimum absolute atomic E-state index is 0.0824. The van der Waals surface area contributed by atoms with E-state index < -0.39 is 6.17 Å². The Balaban J connectivity index is 1.72. The van der Waals surface area contributed by atoms with Crippen LogP contribution in [0.2, 0.25) is 0 Å². The zero-order chi connectivity index (χ0) is 22.8. The van der Waals surface area contributed by atoms with Gasteiger partial charge in [-0.3, -0.25) is 0 Å². The Bertz CT molecular complexity index is 1280.